The van der Waals surface area contributed by atoms with E-state index in [1.54, 1.807) is 24.3 Å². The van der Waals surface area contributed by atoms with Crippen LogP contribution in [0.2, 0.25) is 0 Å². The van der Waals surface area contributed by atoms with Crippen molar-refractivity contribution >= 4 is 34.0 Å². The first kappa shape index (κ1) is 16.8. The molecule has 1 heterocycles. The van der Waals surface area contributed by atoms with Crippen LogP contribution in [-0.2, 0) is 16.1 Å². The molecule has 7 nitrogen and oxygen atoms in total. The second-order valence-corrected chi connectivity index (χ2v) is 5.26. The summed E-state index contributed by atoms with van der Waals surface area (Å²) in [5.41, 5.74) is 2.80. The lowest BCUT2D eigenvalue weighted by atomic mass is 10.2. The Labute approximate surface area is 140 Å². The number of carbonyl (C=O) groups is 2. The topological polar surface area (TPSA) is 92.9 Å². The summed E-state index contributed by atoms with van der Waals surface area (Å²) < 4.78 is 11.1. The molecular weight excluding hydrogens is 366 g/mol. The van der Waals surface area contributed by atoms with E-state index >= 15 is 0 Å². The summed E-state index contributed by atoms with van der Waals surface area (Å²) in [6.45, 7) is 0.127. The molecule has 0 saturated carbocycles. The maximum atomic E-state index is 11.6. The number of carbonyl (C=O) groups excluding carboxylic acids is 2. The molecule has 0 fully saturated rings. The van der Waals surface area contributed by atoms with Gasteiger partial charge in [-0.2, -0.15) is 5.10 Å². The molecular formula is C15H14BrN3O4. The highest BCUT2D eigenvalue weighted by Gasteiger charge is 2.12. The minimum atomic E-state index is -0.873. The molecule has 8 heteroatoms. The second-order valence-electron chi connectivity index (χ2n) is 4.35. The van der Waals surface area contributed by atoms with Gasteiger partial charge in [0.05, 0.1) is 26.1 Å². The molecule has 2 N–H and O–H groups in total. The van der Waals surface area contributed by atoms with E-state index in [1.807, 2.05) is 6.07 Å². The van der Waals surface area contributed by atoms with E-state index in [-0.39, 0.29) is 6.54 Å². The number of nitrogens with zero attached hydrogens (tertiary/aromatic N) is 1. The van der Waals surface area contributed by atoms with Gasteiger partial charge in [0.15, 0.2) is 0 Å². The van der Waals surface area contributed by atoms with Crippen LogP contribution >= 0.6 is 15.9 Å². The van der Waals surface area contributed by atoms with Gasteiger partial charge in [-0.25, -0.2) is 5.43 Å². The summed E-state index contributed by atoms with van der Waals surface area (Å²) in [4.78, 5) is 23.2. The number of hydrogen-bond donors (Lipinski definition) is 2. The van der Waals surface area contributed by atoms with Gasteiger partial charge in [-0.15, -0.1) is 0 Å². The number of nitrogens with one attached hydrogen (secondary N) is 2. The average molecular weight is 380 g/mol. The van der Waals surface area contributed by atoms with Gasteiger partial charge in [0.2, 0.25) is 0 Å². The first-order chi connectivity index (χ1) is 11.1. The van der Waals surface area contributed by atoms with E-state index in [1.165, 1.54) is 19.6 Å². The molecule has 0 bridgehead atoms. The highest BCUT2D eigenvalue weighted by Crippen LogP contribution is 2.21. The van der Waals surface area contributed by atoms with E-state index in [4.69, 9.17) is 9.15 Å². The zero-order chi connectivity index (χ0) is 16.7. The number of benzene rings is 1. The largest absolute Gasteiger partial charge is 0.496 e. The van der Waals surface area contributed by atoms with Gasteiger partial charge in [-0.1, -0.05) is 15.9 Å². The molecule has 0 saturated heterocycles. The van der Waals surface area contributed by atoms with Crippen molar-refractivity contribution < 1.29 is 18.7 Å². The van der Waals surface area contributed by atoms with Crippen molar-refractivity contribution in [2.45, 2.75) is 6.54 Å². The molecule has 2 rings (SSSR count). The van der Waals surface area contributed by atoms with Crippen molar-refractivity contribution in [3.8, 4) is 5.75 Å². The molecule has 0 atom stereocenters. The molecule has 0 unspecified atom stereocenters. The van der Waals surface area contributed by atoms with Crippen LogP contribution in [0.25, 0.3) is 0 Å². The van der Waals surface area contributed by atoms with Crippen LogP contribution in [0, 0.1) is 0 Å². The number of furan rings is 1. The van der Waals surface area contributed by atoms with Gasteiger partial charge < -0.3 is 14.5 Å². The molecule has 23 heavy (non-hydrogen) atoms. The van der Waals surface area contributed by atoms with E-state index in [0.29, 0.717) is 17.1 Å². The molecule has 2 amide bonds. The van der Waals surface area contributed by atoms with Crippen molar-refractivity contribution in [2.24, 2.45) is 5.10 Å². The lowest BCUT2D eigenvalue weighted by Crippen LogP contribution is -2.37. The molecule has 2 aromatic rings. The zero-order valence-corrected chi connectivity index (χ0v) is 13.8. The van der Waals surface area contributed by atoms with Crippen molar-refractivity contribution in [3.05, 3.63) is 52.4 Å². The number of hydrazone groups is 1. The number of halogens is 1. The summed E-state index contributed by atoms with van der Waals surface area (Å²) in [6.07, 6.45) is 2.87. The van der Waals surface area contributed by atoms with Crippen LogP contribution in [0.4, 0.5) is 0 Å². The highest BCUT2D eigenvalue weighted by molar-refractivity contribution is 9.10. The van der Waals surface area contributed by atoms with E-state index < -0.39 is 11.8 Å². The third-order valence-corrected chi connectivity index (χ3v) is 3.26. The summed E-state index contributed by atoms with van der Waals surface area (Å²) >= 11 is 3.33. The number of hydrogen-bond acceptors (Lipinski definition) is 5. The Kier molecular flexibility index (Phi) is 5.93. The number of methoxy groups -OCH3 is 1. The first-order valence-electron chi connectivity index (χ1n) is 6.57. The minimum absolute atomic E-state index is 0.127. The zero-order valence-electron chi connectivity index (χ0n) is 12.2. The Morgan fingerprint density at radius 3 is 2.87 bits per heavy atom. The molecule has 120 valence electrons. The van der Waals surface area contributed by atoms with Gasteiger partial charge >= 0.3 is 11.8 Å². The van der Waals surface area contributed by atoms with Crippen LogP contribution in [0.15, 0.2) is 50.6 Å². The summed E-state index contributed by atoms with van der Waals surface area (Å²) in [5.74, 6) is -0.538. The van der Waals surface area contributed by atoms with E-state index in [9.17, 15) is 9.59 Å². The molecule has 0 spiro atoms. The first-order valence-corrected chi connectivity index (χ1v) is 7.36. The fraction of sp³-hybridized carbons (Fsp3) is 0.133. The fourth-order valence-electron chi connectivity index (χ4n) is 1.68. The third kappa shape index (κ3) is 4.96. The molecule has 0 aliphatic heterocycles. The van der Waals surface area contributed by atoms with Gasteiger partial charge in [0, 0.05) is 10.0 Å². The highest BCUT2D eigenvalue weighted by atomic mass is 79.9. The molecule has 0 radical (unpaired) electrons. The molecule has 1 aromatic carbocycles. The van der Waals surface area contributed by atoms with Crippen molar-refractivity contribution in [1.29, 1.82) is 0 Å². The maximum absolute atomic E-state index is 11.6. The Bertz CT molecular complexity index is 714. The third-order valence-electron chi connectivity index (χ3n) is 2.77. The van der Waals surface area contributed by atoms with Crippen LogP contribution in [0.1, 0.15) is 11.3 Å². The Morgan fingerprint density at radius 2 is 2.17 bits per heavy atom. The van der Waals surface area contributed by atoms with Crippen LogP contribution in [0.5, 0.6) is 5.75 Å². The monoisotopic (exact) mass is 379 g/mol. The van der Waals surface area contributed by atoms with Gasteiger partial charge in [0.1, 0.15) is 11.5 Å². The number of ether oxygens (including phenoxy) is 1. The normalized spacial score (nSPS) is 10.5. The van der Waals surface area contributed by atoms with Gasteiger partial charge in [0.25, 0.3) is 0 Å². The number of rotatable bonds is 5. The maximum Gasteiger partial charge on any atom is 0.329 e. The predicted molar refractivity (Wildman–Crippen MR) is 87.0 cm³/mol. The van der Waals surface area contributed by atoms with Crippen LogP contribution < -0.4 is 15.5 Å². The van der Waals surface area contributed by atoms with Crippen LogP contribution in [-0.4, -0.2) is 25.1 Å². The Morgan fingerprint density at radius 1 is 1.35 bits per heavy atom. The van der Waals surface area contributed by atoms with Crippen molar-refractivity contribution in [1.82, 2.24) is 10.7 Å². The predicted octanol–water partition coefficient (Wildman–Crippen LogP) is 1.82. The molecule has 1 aromatic heterocycles. The quantitative estimate of drug-likeness (QED) is 0.470. The average Bonchev–Trinajstić information content (AvgIpc) is 3.06. The SMILES string of the molecule is COc1ccc(Br)cc1/C=N\NC(=O)C(=O)NCc1ccco1. The summed E-state index contributed by atoms with van der Waals surface area (Å²) in [7, 11) is 1.53. The van der Waals surface area contributed by atoms with E-state index in [0.717, 1.165) is 4.47 Å². The van der Waals surface area contributed by atoms with Gasteiger partial charge in [-0.05, 0) is 30.3 Å². The van der Waals surface area contributed by atoms with Crippen molar-refractivity contribution in [3.63, 3.8) is 0 Å². The fourth-order valence-corrected chi connectivity index (χ4v) is 2.06. The lowest BCUT2D eigenvalue weighted by Gasteiger charge is -2.05. The minimum Gasteiger partial charge on any atom is -0.496 e. The standard InChI is InChI=1S/C15H14BrN3O4/c1-22-13-5-4-11(16)7-10(13)8-18-19-15(21)14(20)17-9-12-3-2-6-23-12/h2-8H,9H2,1H3,(H,17,20)(H,19,21)/b18-8-. The lowest BCUT2D eigenvalue weighted by molar-refractivity contribution is -0.139. The van der Waals surface area contributed by atoms with E-state index in [2.05, 4.69) is 31.8 Å². The number of amides is 2. The molecule has 0 aliphatic carbocycles. The van der Waals surface area contributed by atoms with Crippen molar-refractivity contribution in [2.75, 3.05) is 7.11 Å². The molecule has 0 aliphatic rings. The smallest absolute Gasteiger partial charge is 0.329 e. The Hall–Kier alpha value is -2.61. The van der Waals surface area contributed by atoms with Crippen LogP contribution in [0.3, 0.4) is 0 Å². The second kappa shape index (κ2) is 8.14. The summed E-state index contributed by atoms with van der Waals surface area (Å²) in [5, 5.41) is 6.16. The van der Waals surface area contributed by atoms with Gasteiger partial charge in [-0.3, -0.25) is 9.59 Å². The summed E-state index contributed by atoms with van der Waals surface area (Å²) in [6, 6.07) is 8.72. The Balaban J connectivity index is 1.88.